The van der Waals surface area contributed by atoms with Gasteiger partial charge in [0.2, 0.25) is 5.95 Å². The zero-order chi connectivity index (χ0) is 28.2. The fourth-order valence-corrected chi connectivity index (χ4v) is 4.78. The maximum atomic E-state index is 13.9. The minimum absolute atomic E-state index is 0.0352. The smallest absolute Gasteiger partial charge is 0.368 e. The molecule has 4 aromatic heterocycles. The quantitative estimate of drug-likeness (QED) is 0.243. The van der Waals surface area contributed by atoms with Gasteiger partial charge in [0, 0.05) is 17.8 Å². The van der Waals surface area contributed by atoms with Crippen molar-refractivity contribution in [3.8, 4) is 16.9 Å². The van der Waals surface area contributed by atoms with Crippen LogP contribution in [-0.2, 0) is 6.42 Å². The molecule has 0 amide bonds. The van der Waals surface area contributed by atoms with E-state index in [2.05, 4.69) is 35.7 Å². The van der Waals surface area contributed by atoms with Crippen molar-refractivity contribution in [2.24, 2.45) is 0 Å². The standard InChI is InChI=1S/C28H25F3N10/c29-28(30,31)27(9-10-27)40-25-24-23(38-26(32)39-25)18(11-16-1-6-20(7-2-16)41-15-33-14-35-41)12-21(37-24)17-3-8-22(34-13-17)36-19-4-5-19/h1-3,6-8,12-15,19H,4-5,9-11H2,(H,34,36)(H3,32,38,39,40). The van der Waals surface area contributed by atoms with Gasteiger partial charge in [-0.05, 0) is 73.6 Å². The molecule has 2 aliphatic carbocycles. The van der Waals surface area contributed by atoms with Gasteiger partial charge in [-0.3, -0.25) is 0 Å². The highest BCUT2D eigenvalue weighted by Crippen LogP contribution is 2.51. The molecule has 0 bridgehead atoms. The summed E-state index contributed by atoms with van der Waals surface area (Å²) in [5, 5.41) is 10.1. The molecule has 4 N–H and O–H groups in total. The molecule has 0 saturated heterocycles. The van der Waals surface area contributed by atoms with Crippen LogP contribution in [0.3, 0.4) is 0 Å². The Bertz CT molecular complexity index is 1710. The first kappa shape index (κ1) is 25.2. The third-order valence-electron chi connectivity index (χ3n) is 7.40. The summed E-state index contributed by atoms with van der Waals surface area (Å²) in [7, 11) is 0. The third kappa shape index (κ3) is 4.98. The lowest BCUT2D eigenvalue weighted by molar-refractivity contribution is -0.151. The monoisotopic (exact) mass is 558 g/mol. The number of hydrogen-bond donors (Lipinski definition) is 3. The Labute approximate surface area is 232 Å². The Morgan fingerprint density at radius 3 is 2.44 bits per heavy atom. The van der Waals surface area contributed by atoms with E-state index in [1.807, 2.05) is 42.5 Å². The number of benzene rings is 1. The van der Waals surface area contributed by atoms with E-state index in [9.17, 15) is 13.2 Å². The zero-order valence-electron chi connectivity index (χ0n) is 21.7. The Hall–Kier alpha value is -4.81. The van der Waals surface area contributed by atoms with Gasteiger partial charge in [0.1, 0.15) is 35.0 Å². The molecule has 0 spiro atoms. The molecule has 13 heteroatoms. The van der Waals surface area contributed by atoms with Crippen molar-refractivity contribution >= 4 is 28.6 Å². The lowest BCUT2D eigenvalue weighted by Crippen LogP contribution is -2.39. The van der Waals surface area contributed by atoms with Gasteiger partial charge in [-0.25, -0.2) is 24.6 Å². The van der Waals surface area contributed by atoms with Crippen molar-refractivity contribution < 1.29 is 13.2 Å². The first-order chi connectivity index (χ1) is 19.8. The number of hydrogen-bond acceptors (Lipinski definition) is 9. The van der Waals surface area contributed by atoms with Crippen LogP contribution in [0.4, 0.5) is 30.8 Å². The number of nitrogens with zero attached hydrogens (tertiary/aromatic N) is 7. The van der Waals surface area contributed by atoms with E-state index in [0.717, 1.165) is 41.0 Å². The summed E-state index contributed by atoms with van der Waals surface area (Å²) in [5.41, 5.74) is 8.39. The van der Waals surface area contributed by atoms with Gasteiger partial charge in [0.25, 0.3) is 0 Å². The average Bonchev–Trinajstić information content (AvgIpc) is 3.87. The molecular formula is C28H25F3N10. The summed E-state index contributed by atoms with van der Waals surface area (Å²) in [5.74, 6) is 0.600. The molecule has 2 fully saturated rings. The molecular weight excluding hydrogens is 533 g/mol. The molecule has 5 aromatic rings. The normalized spacial score (nSPS) is 16.1. The lowest BCUT2D eigenvalue weighted by atomic mass is 10.0. The predicted molar refractivity (Wildman–Crippen MR) is 147 cm³/mol. The maximum absolute atomic E-state index is 13.9. The van der Waals surface area contributed by atoms with Crippen LogP contribution >= 0.6 is 0 Å². The number of halogens is 3. The van der Waals surface area contributed by atoms with Crippen LogP contribution < -0.4 is 16.4 Å². The Morgan fingerprint density at radius 1 is 1.00 bits per heavy atom. The number of nitrogens with one attached hydrogen (secondary N) is 2. The van der Waals surface area contributed by atoms with Crippen molar-refractivity contribution in [2.75, 3.05) is 16.4 Å². The van der Waals surface area contributed by atoms with Gasteiger partial charge >= 0.3 is 6.18 Å². The van der Waals surface area contributed by atoms with Gasteiger partial charge in [-0.15, -0.1) is 0 Å². The number of aromatic nitrogens is 7. The van der Waals surface area contributed by atoms with Crippen LogP contribution in [0.5, 0.6) is 0 Å². The molecule has 0 unspecified atom stereocenters. The third-order valence-corrected chi connectivity index (χ3v) is 7.40. The second-order valence-corrected chi connectivity index (χ2v) is 10.5. The Kier molecular flexibility index (Phi) is 5.77. The molecule has 2 saturated carbocycles. The van der Waals surface area contributed by atoms with Crippen molar-refractivity contribution in [2.45, 2.75) is 49.9 Å². The van der Waals surface area contributed by atoms with E-state index in [4.69, 9.17) is 10.7 Å². The van der Waals surface area contributed by atoms with Gasteiger partial charge in [0.15, 0.2) is 5.82 Å². The van der Waals surface area contributed by atoms with E-state index in [1.165, 1.54) is 6.33 Å². The highest BCUT2D eigenvalue weighted by molar-refractivity contribution is 5.91. The van der Waals surface area contributed by atoms with Crippen molar-refractivity contribution in [1.82, 2.24) is 34.7 Å². The summed E-state index contributed by atoms with van der Waals surface area (Å²) in [6, 6.07) is 13.8. The molecule has 41 heavy (non-hydrogen) atoms. The van der Waals surface area contributed by atoms with Crippen LogP contribution in [0, 0.1) is 0 Å². The van der Waals surface area contributed by atoms with Crippen LogP contribution in [0.1, 0.15) is 36.8 Å². The van der Waals surface area contributed by atoms with Gasteiger partial charge in [-0.1, -0.05) is 12.1 Å². The van der Waals surface area contributed by atoms with Crippen molar-refractivity contribution in [1.29, 1.82) is 0 Å². The molecule has 10 nitrogen and oxygen atoms in total. The van der Waals surface area contributed by atoms with E-state index < -0.39 is 11.7 Å². The predicted octanol–water partition coefficient (Wildman–Crippen LogP) is 4.92. The molecule has 0 radical (unpaired) electrons. The molecule has 1 aromatic carbocycles. The topological polar surface area (TPSA) is 132 Å². The lowest BCUT2D eigenvalue weighted by Gasteiger charge is -2.22. The highest BCUT2D eigenvalue weighted by atomic mass is 19.4. The van der Waals surface area contributed by atoms with E-state index in [1.54, 1.807) is 17.2 Å². The van der Waals surface area contributed by atoms with Gasteiger partial charge in [0.05, 0.1) is 11.4 Å². The van der Waals surface area contributed by atoms with Crippen molar-refractivity contribution in [3.63, 3.8) is 0 Å². The van der Waals surface area contributed by atoms with Gasteiger partial charge < -0.3 is 16.4 Å². The fourth-order valence-electron chi connectivity index (χ4n) is 4.78. The number of pyridine rings is 2. The number of anilines is 3. The number of rotatable bonds is 8. The maximum Gasteiger partial charge on any atom is 0.411 e. The molecule has 208 valence electrons. The minimum atomic E-state index is -4.44. The van der Waals surface area contributed by atoms with E-state index in [-0.39, 0.29) is 30.1 Å². The summed E-state index contributed by atoms with van der Waals surface area (Å²) < 4.78 is 43.3. The number of alkyl halides is 3. The molecule has 7 rings (SSSR count). The fraction of sp³-hybridized carbons (Fsp3) is 0.286. The zero-order valence-corrected chi connectivity index (χ0v) is 21.7. The minimum Gasteiger partial charge on any atom is -0.368 e. The SMILES string of the molecule is Nc1nc(NC2(C(F)(F)F)CC2)c2nc(-c3ccc(NC4CC4)nc3)cc(Cc3ccc(-n4cncn4)cc3)c2n1. The second kappa shape index (κ2) is 9.39. The largest absolute Gasteiger partial charge is 0.411 e. The second-order valence-electron chi connectivity index (χ2n) is 10.5. The van der Waals surface area contributed by atoms with E-state index >= 15 is 0 Å². The van der Waals surface area contributed by atoms with Crippen LogP contribution in [0.25, 0.3) is 28.0 Å². The highest BCUT2D eigenvalue weighted by Gasteiger charge is 2.64. The molecule has 4 heterocycles. The average molecular weight is 559 g/mol. The van der Waals surface area contributed by atoms with Crippen molar-refractivity contribution in [3.05, 3.63) is 72.4 Å². The summed E-state index contributed by atoms with van der Waals surface area (Å²) in [4.78, 5) is 21.8. The van der Waals surface area contributed by atoms with Gasteiger partial charge in [-0.2, -0.15) is 23.3 Å². The van der Waals surface area contributed by atoms with Crippen LogP contribution in [0.15, 0.2) is 61.3 Å². The molecule has 0 aliphatic heterocycles. The number of nitrogen functional groups attached to an aromatic ring is 1. The first-order valence-corrected chi connectivity index (χ1v) is 13.3. The molecule has 2 aliphatic rings. The van der Waals surface area contributed by atoms with Crippen LogP contribution in [-0.4, -0.2) is 52.5 Å². The first-order valence-electron chi connectivity index (χ1n) is 13.3. The summed E-state index contributed by atoms with van der Waals surface area (Å²) in [6.45, 7) is 0. The van der Waals surface area contributed by atoms with Crippen LogP contribution in [0.2, 0.25) is 0 Å². The number of fused-ring (bicyclic) bond motifs is 1. The number of nitrogens with two attached hydrogens (primary N) is 1. The summed E-state index contributed by atoms with van der Waals surface area (Å²) in [6.07, 6.45) is 2.91. The Morgan fingerprint density at radius 2 is 1.80 bits per heavy atom. The van der Waals surface area contributed by atoms with E-state index in [0.29, 0.717) is 23.7 Å². The molecule has 0 atom stereocenters. The Balaban J connectivity index is 1.31. The summed E-state index contributed by atoms with van der Waals surface area (Å²) >= 11 is 0.